The van der Waals surface area contributed by atoms with Gasteiger partial charge in [-0.1, -0.05) is 5.16 Å². The van der Waals surface area contributed by atoms with E-state index in [4.69, 9.17) is 14.0 Å². The monoisotopic (exact) mass is 347 g/mol. The minimum atomic E-state index is -0.222. The molecule has 25 heavy (non-hydrogen) atoms. The zero-order valence-corrected chi connectivity index (χ0v) is 15.5. The molecular formula is C18H25N3O4. The maximum atomic E-state index is 12.5. The fourth-order valence-electron chi connectivity index (χ4n) is 2.59. The molecule has 7 heteroatoms. The van der Waals surface area contributed by atoms with Crippen LogP contribution < -0.4 is 14.8 Å². The zero-order chi connectivity index (χ0) is 18.6. The first kappa shape index (κ1) is 18.6. The topological polar surface area (TPSA) is 76.8 Å². The molecule has 0 saturated carbocycles. The molecule has 2 rings (SSSR count). The van der Waals surface area contributed by atoms with Crippen molar-refractivity contribution in [3.63, 3.8) is 0 Å². The van der Waals surface area contributed by atoms with E-state index in [9.17, 15) is 4.79 Å². The van der Waals surface area contributed by atoms with Crippen LogP contribution in [0.1, 0.15) is 35.5 Å². The number of nitrogens with zero attached hydrogens (tertiary/aromatic N) is 2. The van der Waals surface area contributed by atoms with Gasteiger partial charge in [-0.3, -0.25) is 0 Å². The van der Waals surface area contributed by atoms with Gasteiger partial charge in [0.2, 0.25) is 0 Å². The van der Waals surface area contributed by atoms with Crippen LogP contribution in [0.5, 0.6) is 11.5 Å². The molecule has 1 heterocycles. The fourth-order valence-corrected chi connectivity index (χ4v) is 2.59. The van der Waals surface area contributed by atoms with E-state index in [1.165, 1.54) is 0 Å². The minimum absolute atomic E-state index is 0.189. The van der Waals surface area contributed by atoms with E-state index in [-0.39, 0.29) is 12.1 Å². The number of carbonyl (C=O) groups excluding carboxylic acids is 1. The number of methoxy groups -OCH3 is 2. The van der Waals surface area contributed by atoms with Crippen molar-refractivity contribution in [2.75, 3.05) is 21.3 Å². The third kappa shape index (κ3) is 4.23. The molecule has 1 atom stereocenters. The summed E-state index contributed by atoms with van der Waals surface area (Å²) in [6, 6.07) is 5.11. The van der Waals surface area contributed by atoms with Gasteiger partial charge in [-0.25, -0.2) is 4.79 Å². The lowest BCUT2D eigenvalue weighted by atomic mass is 10.1. The normalized spacial score (nSPS) is 11.8. The Kier molecular flexibility index (Phi) is 5.90. The SMILES string of the molecule is COc1ccc([C@H](C)NC(=O)N(C)Cc2c(C)noc2C)c(OC)c1. The molecule has 0 saturated heterocycles. The number of benzene rings is 1. The van der Waals surface area contributed by atoms with Crippen LogP contribution in [0, 0.1) is 13.8 Å². The number of urea groups is 1. The molecule has 0 fully saturated rings. The molecule has 1 N–H and O–H groups in total. The molecule has 0 bridgehead atoms. The second-order valence-corrected chi connectivity index (χ2v) is 5.94. The summed E-state index contributed by atoms with van der Waals surface area (Å²) in [5, 5.41) is 6.89. The Morgan fingerprint density at radius 3 is 2.60 bits per heavy atom. The van der Waals surface area contributed by atoms with E-state index < -0.39 is 0 Å². The summed E-state index contributed by atoms with van der Waals surface area (Å²) in [6.45, 7) is 6.04. The van der Waals surface area contributed by atoms with Crippen LogP contribution >= 0.6 is 0 Å². The maximum absolute atomic E-state index is 12.5. The molecule has 0 unspecified atom stereocenters. The minimum Gasteiger partial charge on any atom is -0.497 e. The molecule has 0 aliphatic heterocycles. The highest BCUT2D eigenvalue weighted by Gasteiger charge is 2.19. The Morgan fingerprint density at radius 1 is 1.32 bits per heavy atom. The van der Waals surface area contributed by atoms with Crippen molar-refractivity contribution in [1.29, 1.82) is 0 Å². The predicted octanol–water partition coefficient (Wildman–Crippen LogP) is 3.21. The average Bonchev–Trinajstić information content (AvgIpc) is 2.92. The highest BCUT2D eigenvalue weighted by atomic mass is 16.5. The maximum Gasteiger partial charge on any atom is 0.317 e. The lowest BCUT2D eigenvalue weighted by Crippen LogP contribution is -2.38. The van der Waals surface area contributed by atoms with Crippen molar-refractivity contribution in [3.8, 4) is 11.5 Å². The molecule has 0 aliphatic rings. The van der Waals surface area contributed by atoms with Gasteiger partial charge in [-0.2, -0.15) is 0 Å². The summed E-state index contributed by atoms with van der Waals surface area (Å²) in [7, 11) is 4.93. The second-order valence-electron chi connectivity index (χ2n) is 5.94. The van der Waals surface area contributed by atoms with Gasteiger partial charge in [0.05, 0.1) is 32.5 Å². The Hall–Kier alpha value is -2.70. The van der Waals surface area contributed by atoms with Gasteiger partial charge in [0, 0.05) is 24.2 Å². The first-order valence-corrected chi connectivity index (χ1v) is 8.02. The largest absolute Gasteiger partial charge is 0.497 e. The van der Waals surface area contributed by atoms with Crippen molar-refractivity contribution >= 4 is 6.03 Å². The van der Waals surface area contributed by atoms with Crippen LogP contribution in [0.2, 0.25) is 0 Å². The number of ether oxygens (including phenoxy) is 2. The summed E-state index contributed by atoms with van der Waals surface area (Å²) >= 11 is 0. The van der Waals surface area contributed by atoms with Gasteiger partial charge in [-0.15, -0.1) is 0 Å². The molecule has 136 valence electrons. The predicted molar refractivity (Wildman–Crippen MR) is 93.9 cm³/mol. The summed E-state index contributed by atoms with van der Waals surface area (Å²) in [5.74, 6) is 2.09. The van der Waals surface area contributed by atoms with E-state index >= 15 is 0 Å². The molecule has 2 aromatic rings. The Balaban J connectivity index is 2.07. The molecule has 0 aliphatic carbocycles. The van der Waals surface area contributed by atoms with E-state index in [1.807, 2.05) is 32.9 Å². The second kappa shape index (κ2) is 7.92. The van der Waals surface area contributed by atoms with Gasteiger partial charge in [-0.05, 0) is 32.9 Å². The number of carbonyl (C=O) groups is 1. The summed E-state index contributed by atoms with van der Waals surface area (Å²) in [6.07, 6.45) is 0. The third-order valence-electron chi connectivity index (χ3n) is 4.17. The molecule has 1 aromatic heterocycles. The van der Waals surface area contributed by atoms with Crippen molar-refractivity contribution in [3.05, 3.63) is 40.8 Å². The summed E-state index contributed by atoms with van der Waals surface area (Å²) in [4.78, 5) is 14.1. The smallest absolute Gasteiger partial charge is 0.317 e. The highest BCUT2D eigenvalue weighted by molar-refractivity contribution is 5.74. The van der Waals surface area contributed by atoms with Gasteiger partial charge < -0.3 is 24.2 Å². The van der Waals surface area contributed by atoms with E-state index in [0.717, 1.165) is 22.6 Å². The van der Waals surface area contributed by atoms with Crippen LogP contribution in [0.25, 0.3) is 0 Å². The molecule has 7 nitrogen and oxygen atoms in total. The molecule has 2 amide bonds. The standard InChI is InChI=1S/C18H25N3O4/c1-11(15-8-7-14(23-5)9-17(15)24-6)19-18(22)21(4)10-16-12(2)20-25-13(16)3/h7-9,11H,10H2,1-6H3,(H,19,22)/t11-/m0/s1. The van der Waals surface area contributed by atoms with E-state index in [0.29, 0.717) is 18.0 Å². The number of hydrogen-bond acceptors (Lipinski definition) is 5. The number of aromatic nitrogens is 1. The van der Waals surface area contributed by atoms with E-state index in [1.54, 1.807) is 32.2 Å². The van der Waals surface area contributed by atoms with Crippen LogP contribution in [0.3, 0.4) is 0 Å². The van der Waals surface area contributed by atoms with Crippen molar-refractivity contribution in [2.24, 2.45) is 0 Å². The third-order valence-corrected chi connectivity index (χ3v) is 4.17. The number of rotatable bonds is 6. The quantitative estimate of drug-likeness (QED) is 0.868. The van der Waals surface area contributed by atoms with Gasteiger partial charge >= 0.3 is 6.03 Å². The Bertz CT molecular complexity index is 722. The van der Waals surface area contributed by atoms with Gasteiger partial charge in [0.25, 0.3) is 0 Å². The number of aryl methyl sites for hydroxylation is 2. The average molecular weight is 347 g/mol. The summed E-state index contributed by atoms with van der Waals surface area (Å²) < 4.78 is 15.7. The van der Waals surface area contributed by atoms with Crippen LogP contribution in [0.4, 0.5) is 4.79 Å². The van der Waals surface area contributed by atoms with Gasteiger partial charge in [0.1, 0.15) is 17.3 Å². The fraction of sp³-hybridized carbons (Fsp3) is 0.444. The zero-order valence-electron chi connectivity index (χ0n) is 15.5. The number of nitrogens with one attached hydrogen (secondary N) is 1. The van der Waals surface area contributed by atoms with Crippen LogP contribution in [-0.4, -0.2) is 37.4 Å². The number of amides is 2. The van der Waals surface area contributed by atoms with Crippen molar-refractivity contribution in [1.82, 2.24) is 15.4 Å². The molecule has 0 radical (unpaired) electrons. The summed E-state index contributed by atoms with van der Waals surface area (Å²) in [5.41, 5.74) is 2.59. The van der Waals surface area contributed by atoms with Crippen LogP contribution in [-0.2, 0) is 6.54 Å². The Morgan fingerprint density at radius 2 is 2.04 bits per heavy atom. The van der Waals surface area contributed by atoms with E-state index in [2.05, 4.69) is 10.5 Å². The first-order chi connectivity index (χ1) is 11.9. The highest BCUT2D eigenvalue weighted by Crippen LogP contribution is 2.29. The number of hydrogen-bond donors (Lipinski definition) is 1. The Labute approximate surface area is 147 Å². The lowest BCUT2D eigenvalue weighted by Gasteiger charge is -2.23. The van der Waals surface area contributed by atoms with Gasteiger partial charge in [0.15, 0.2) is 0 Å². The van der Waals surface area contributed by atoms with Crippen molar-refractivity contribution < 1.29 is 18.8 Å². The van der Waals surface area contributed by atoms with Crippen molar-refractivity contribution in [2.45, 2.75) is 33.4 Å². The molecule has 1 aromatic carbocycles. The van der Waals surface area contributed by atoms with Crippen LogP contribution in [0.15, 0.2) is 22.7 Å². The molecular weight excluding hydrogens is 322 g/mol. The first-order valence-electron chi connectivity index (χ1n) is 8.02. The molecule has 0 spiro atoms. The lowest BCUT2D eigenvalue weighted by molar-refractivity contribution is 0.203.